The second-order valence-electron chi connectivity index (χ2n) is 6.29. The molecule has 0 aliphatic carbocycles. The molecule has 0 fully saturated rings. The molecule has 4 heteroatoms. The van der Waals surface area contributed by atoms with E-state index in [-0.39, 0.29) is 16.0 Å². The van der Waals surface area contributed by atoms with Crippen molar-refractivity contribution in [1.82, 2.24) is 5.32 Å². The van der Waals surface area contributed by atoms with Crippen molar-refractivity contribution in [3.8, 4) is 0 Å². The van der Waals surface area contributed by atoms with Gasteiger partial charge in [-0.3, -0.25) is 10.1 Å². The fourth-order valence-electron chi connectivity index (χ4n) is 2.38. The van der Waals surface area contributed by atoms with E-state index in [1.807, 2.05) is 12.1 Å². The number of nitrogens with one attached hydrogen (secondary N) is 1. The maximum absolute atomic E-state index is 10.6. The highest BCUT2D eigenvalue weighted by atomic mass is 16.6. The number of nitrogens with zero attached hydrogens (tertiary/aromatic N) is 1. The van der Waals surface area contributed by atoms with Crippen LogP contribution in [0.4, 0.5) is 5.69 Å². The minimum absolute atomic E-state index is 0.161. The Bertz CT molecular complexity index is 421. The number of nitro benzene ring substituents is 1. The van der Waals surface area contributed by atoms with Gasteiger partial charge in [0.25, 0.3) is 5.69 Å². The topological polar surface area (TPSA) is 55.2 Å². The van der Waals surface area contributed by atoms with Crippen molar-refractivity contribution in [2.24, 2.45) is 5.41 Å². The normalized spacial score (nSPS) is 13.2. The van der Waals surface area contributed by atoms with Crippen LogP contribution in [0.5, 0.6) is 0 Å². The number of rotatable bonds is 7. The average molecular weight is 278 g/mol. The summed E-state index contributed by atoms with van der Waals surface area (Å²) < 4.78 is 0. The number of hydrogen-bond acceptors (Lipinski definition) is 3. The molecule has 0 aliphatic rings. The van der Waals surface area contributed by atoms with Crippen molar-refractivity contribution in [2.45, 2.75) is 53.0 Å². The number of benzene rings is 1. The molecule has 1 unspecified atom stereocenters. The van der Waals surface area contributed by atoms with Gasteiger partial charge < -0.3 is 5.32 Å². The number of nitro groups is 1. The summed E-state index contributed by atoms with van der Waals surface area (Å²) >= 11 is 0. The first-order valence-electron chi connectivity index (χ1n) is 7.31. The summed E-state index contributed by atoms with van der Waals surface area (Å²) in [5.41, 5.74) is 1.58. The van der Waals surface area contributed by atoms with Crippen LogP contribution >= 0.6 is 0 Å². The minimum Gasteiger partial charge on any atom is -0.314 e. The van der Waals surface area contributed by atoms with E-state index < -0.39 is 0 Å². The molecular weight excluding hydrogens is 252 g/mol. The van der Waals surface area contributed by atoms with Gasteiger partial charge >= 0.3 is 0 Å². The van der Waals surface area contributed by atoms with Crippen LogP contribution in [0.1, 0.15) is 46.1 Å². The molecule has 0 saturated carbocycles. The van der Waals surface area contributed by atoms with Gasteiger partial charge in [-0.1, -0.05) is 39.8 Å². The van der Waals surface area contributed by atoms with E-state index in [0.717, 1.165) is 25.8 Å². The predicted molar refractivity (Wildman–Crippen MR) is 83.0 cm³/mol. The van der Waals surface area contributed by atoms with Crippen molar-refractivity contribution in [3.63, 3.8) is 0 Å². The SMILES string of the molecule is CCNC(CCCc1ccc([N+](=O)[O-])cc1)C(C)(C)C. The standard InChI is InChI=1S/C16H26N2O2/c1-5-17-15(16(2,3)4)8-6-7-13-9-11-14(12-10-13)18(19)20/h9-12,15,17H,5-8H2,1-4H3. The van der Waals surface area contributed by atoms with Crippen LogP contribution in [0.3, 0.4) is 0 Å². The van der Waals surface area contributed by atoms with E-state index in [2.05, 4.69) is 33.0 Å². The molecule has 1 aromatic rings. The first-order valence-corrected chi connectivity index (χ1v) is 7.31. The summed E-state index contributed by atoms with van der Waals surface area (Å²) in [5, 5.41) is 14.1. The van der Waals surface area contributed by atoms with Gasteiger partial charge in [0.2, 0.25) is 0 Å². The summed E-state index contributed by atoms with van der Waals surface area (Å²) in [4.78, 5) is 10.2. The smallest absolute Gasteiger partial charge is 0.269 e. The third-order valence-corrected chi connectivity index (χ3v) is 3.60. The molecule has 0 heterocycles. The molecule has 1 rings (SSSR count). The van der Waals surface area contributed by atoms with Crippen LogP contribution < -0.4 is 5.32 Å². The Morgan fingerprint density at radius 1 is 1.25 bits per heavy atom. The van der Waals surface area contributed by atoms with Gasteiger partial charge in [0.05, 0.1) is 4.92 Å². The molecule has 0 bridgehead atoms. The van der Waals surface area contributed by atoms with Crippen molar-refractivity contribution in [3.05, 3.63) is 39.9 Å². The second-order valence-corrected chi connectivity index (χ2v) is 6.29. The maximum atomic E-state index is 10.6. The van der Waals surface area contributed by atoms with Gasteiger partial charge in [-0.25, -0.2) is 0 Å². The molecular formula is C16H26N2O2. The van der Waals surface area contributed by atoms with Crippen molar-refractivity contribution in [2.75, 3.05) is 6.54 Å². The first kappa shape index (κ1) is 16.6. The minimum atomic E-state index is -0.357. The summed E-state index contributed by atoms with van der Waals surface area (Å²) in [7, 11) is 0. The van der Waals surface area contributed by atoms with E-state index in [1.165, 1.54) is 5.56 Å². The number of non-ortho nitro benzene ring substituents is 1. The van der Waals surface area contributed by atoms with Gasteiger partial charge in [0.15, 0.2) is 0 Å². The Hall–Kier alpha value is -1.42. The lowest BCUT2D eigenvalue weighted by atomic mass is 9.83. The van der Waals surface area contributed by atoms with E-state index in [4.69, 9.17) is 0 Å². The average Bonchev–Trinajstić information content (AvgIpc) is 2.37. The van der Waals surface area contributed by atoms with Crippen LogP contribution in [0.2, 0.25) is 0 Å². The van der Waals surface area contributed by atoms with Gasteiger partial charge in [-0.05, 0) is 36.8 Å². The van der Waals surface area contributed by atoms with Gasteiger partial charge in [0, 0.05) is 18.2 Å². The predicted octanol–water partition coefficient (Wildman–Crippen LogP) is 3.94. The molecule has 0 amide bonds. The van der Waals surface area contributed by atoms with Crippen molar-refractivity contribution >= 4 is 5.69 Å². The van der Waals surface area contributed by atoms with Crippen molar-refractivity contribution < 1.29 is 4.92 Å². The van der Waals surface area contributed by atoms with Crippen LogP contribution in [0, 0.1) is 15.5 Å². The number of aryl methyl sites for hydroxylation is 1. The quantitative estimate of drug-likeness (QED) is 0.607. The van der Waals surface area contributed by atoms with Gasteiger partial charge in [-0.15, -0.1) is 0 Å². The highest BCUT2D eigenvalue weighted by Crippen LogP contribution is 2.23. The first-order chi connectivity index (χ1) is 9.34. The van der Waals surface area contributed by atoms with Crippen LogP contribution in [-0.4, -0.2) is 17.5 Å². The lowest BCUT2D eigenvalue weighted by molar-refractivity contribution is -0.384. The molecule has 0 aromatic heterocycles. The molecule has 1 aromatic carbocycles. The zero-order valence-corrected chi connectivity index (χ0v) is 13.0. The molecule has 0 aliphatic heterocycles. The fourth-order valence-corrected chi connectivity index (χ4v) is 2.38. The summed E-state index contributed by atoms with van der Waals surface area (Å²) in [6, 6.07) is 7.39. The van der Waals surface area contributed by atoms with Crippen molar-refractivity contribution in [1.29, 1.82) is 0 Å². The molecule has 1 atom stereocenters. The van der Waals surface area contributed by atoms with Crippen LogP contribution in [0.15, 0.2) is 24.3 Å². The van der Waals surface area contributed by atoms with Gasteiger partial charge in [0.1, 0.15) is 0 Å². The lowest BCUT2D eigenvalue weighted by Crippen LogP contribution is -2.40. The lowest BCUT2D eigenvalue weighted by Gasteiger charge is -2.31. The molecule has 112 valence electrons. The summed E-state index contributed by atoms with van der Waals surface area (Å²) in [5.74, 6) is 0. The second kappa shape index (κ2) is 7.39. The summed E-state index contributed by atoms with van der Waals surface area (Å²) in [6.07, 6.45) is 3.18. The van der Waals surface area contributed by atoms with Crippen LogP contribution in [0.25, 0.3) is 0 Å². The highest BCUT2D eigenvalue weighted by Gasteiger charge is 2.22. The number of hydrogen-bond donors (Lipinski definition) is 1. The Kier molecular flexibility index (Phi) is 6.14. The third-order valence-electron chi connectivity index (χ3n) is 3.60. The Morgan fingerprint density at radius 3 is 2.30 bits per heavy atom. The summed E-state index contributed by atoms with van der Waals surface area (Å²) in [6.45, 7) is 9.89. The van der Waals surface area contributed by atoms with E-state index in [1.54, 1.807) is 12.1 Å². The highest BCUT2D eigenvalue weighted by molar-refractivity contribution is 5.32. The molecule has 0 saturated heterocycles. The van der Waals surface area contributed by atoms with Gasteiger partial charge in [-0.2, -0.15) is 0 Å². The largest absolute Gasteiger partial charge is 0.314 e. The molecule has 1 N–H and O–H groups in total. The Balaban J connectivity index is 2.48. The monoisotopic (exact) mass is 278 g/mol. The zero-order valence-electron chi connectivity index (χ0n) is 13.0. The maximum Gasteiger partial charge on any atom is 0.269 e. The zero-order chi connectivity index (χ0) is 15.2. The molecule has 4 nitrogen and oxygen atoms in total. The van der Waals surface area contributed by atoms with E-state index in [9.17, 15) is 10.1 Å². The molecule has 0 radical (unpaired) electrons. The Morgan fingerprint density at radius 2 is 1.85 bits per heavy atom. The molecule has 20 heavy (non-hydrogen) atoms. The Labute approximate surface area is 121 Å². The molecule has 0 spiro atoms. The van der Waals surface area contributed by atoms with E-state index in [0.29, 0.717) is 6.04 Å². The van der Waals surface area contributed by atoms with E-state index >= 15 is 0 Å². The van der Waals surface area contributed by atoms with Crippen LogP contribution in [-0.2, 0) is 6.42 Å². The fraction of sp³-hybridized carbons (Fsp3) is 0.625. The third kappa shape index (κ3) is 5.29.